The van der Waals surface area contributed by atoms with Crippen molar-refractivity contribution in [3.8, 4) is 0 Å². The van der Waals surface area contributed by atoms with E-state index in [1.807, 2.05) is 0 Å². The average Bonchev–Trinajstić information content (AvgIpc) is 3.06. The lowest BCUT2D eigenvalue weighted by molar-refractivity contribution is -0.161. The molecule has 1 unspecified atom stereocenters. The Morgan fingerprint density at radius 2 is 0.935 bits per heavy atom. The molecule has 5 nitrogen and oxygen atoms in total. The predicted molar refractivity (Wildman–Crippen MR) is 196 cm³/mol. The van der Waals surface area contributed by atoms with E-state index < -0.39 is 6.10 Å². The van der Waals surface area contributed by atoms with Crippen molar-refractivity contribution in [3.63, 3.8) is 0 Å². The summed E-state index contributed by atoms with van der Waals surface area (Å²) in [4.78, 5) is 24.0. The maximum absolute atomic E-state index is 12.1. The lowest BCUT2D eigenvalue weighted by atomic mass is 10.1. The highest BCUT2D eigenvalue weighted by Gasteiger charge is 2.16. The summed E-state index contributed by atoms with van der Waals surface area (Å²) >= 11 is 0. The molecule has 5 heteroatoms. The SMILES string of the molecule is CC/C=C\C/C=C\C/C=C\C/C=C\C/C=C\CCCCCCCCCCCC(=O)OC(CO)COC(=O)CCCCCCCCC. The number of rotatable bonds is 33. The quantitative estimate of drug-likeness (QED) is 0.0438. The number of allylic oxidation sites excluding steroid dienone is 10. The zero-order valence-corrected chi connectivity index (χ0v) is 29.8. The number of hydrogen-bond acceptors (Lipinski definition) is 5. The van der Waals surface area contributed by atoms with Gasteiger partial charge in [0.15, 0.2) is 6.10 Å². The van der Waals surface area contributed by atoms with Crippen molar-refractivity contribution in [1.82, 2.24) is 0 Å². The van der Waals surface area contributed by atoms with Gasteiger partial charge < -0.3 is 14.6 Å². The van der Waals surface area contributed by atoms with Crippen LogP contribution in [0.3, 0.4) is 0 Å². The molecule has 0 amide bonds. The molecule has 0 aliphatic heterocycles. The fourth-order valence-corrected chi connectivity index (χ4v) is 4.99. The first-order valence-electron chi connectivity index (χ1n) is 18.8. The third-order valence-electron chi connectivity index (χ3n) is 7.83. The van der Waals surface area contributed by atoms with E-state index in [0.29, 0.717) is 12.8 Å². The largest absolute Gasteiger partial charge is 0.462 e. The van der Waals surface area contributed by atoms with E-state index in [-0.39, 0.29) is 25.2 Å². The van der Waals surface area contributed by atoms with E-state index in [1.165, 1.54) is 70.6 Å². The lowest BCUT2D eigenvalue weighted by Crippen LogP contribution is -2.28. The van der Waals surface area contributed by atoms with Crippen molar-refractivity contribution < 1.29 is 24.2 Å². The number of esters is 2. The molecule has 0 bridgehead atoms. The van der Waals surface area contributed by atoms with E-state index in [1.54, 1.807) is 0 Å². The molecule has 0 spiro atoms. The van der Waals surface area contributed by atoms with Gasteiger partial charge in [0.2, 0.25) is 0 Å². The normalized spacial score (nSPS) is 12.8. The molecule has 0 aliphatic rings. The summed E-state index contributed by atoms with van der Waals surface area (Å²) in [7, 11) is 0. The summed E-state index contributed by atoms with van der Waals surface area (Å²) < 4.78 is 10.5. The highest BCUT2D eigenvalue weighted by atomic mass is 16.6. The number of aliphatic hydroxyl groups is 1. The molecule has 0 radical (unpaired) electrons. The Bertz CT molecular complexity index is 823. The summed E-state index contributed by atoms with van der Waals surface area (Å²) in [6.07, 6.45) is 47.3. The zero-order valence-electron chi connectivity index (χ0n) is 29.8. The first kappa shape index (κ1) is 43.6. The molecule has 0 saturated heterocycles. The first-order valence-corrected chi connectivity index (χ1v) is 18.8. The maximum atomic E-state index is 12.1. The Balaban J connectivity index is 3.55. The van der Waals surface area contributed by atoms with Crippen LogP contribution in [0.5, 0.6) is 0 Å². The van der Waals surface area contributed by atoms with Crippen LogP contribution in [-0.2, 0) is 19.1 Å². The molecule has 0 aromatic rings. The molecule has 0 saturated carbocycles. The number of aliphatic hydroxyl groups excluding tert-OH is 1. The topological polar surface area (TPSA) is 72.8 Å². The summed E-state index contributed by atoms with van der Waals surface area (Å²) in [6, 6.07) is 0. The van der Waals surface area contributed by atoms with E-state index in [4.69, 9.17) is 9.47 Å². The minimum Gasteiger partial charge on any atom is -0.462 e. The minimum absolute atomic E-state index is 0.0696. The van der Waals surface area contributed by atoms with Gasteiger partial charge in [0.05, 0.1) is 6.61 Å². The molecule has 0 rings (SSSR count). The standard InChI is InChI=1S/C41H70O5/c1-3-5-7-9-11-12-13-14-15-16-17-18-19-20-21-22-23-24-25-26-27-28-30-32-34-36-41(44)46-39(37-42)38-45-40(43)35-33-31-29-10-8-6-4-2/h5,7,11-12,14-15,17-18,20-21,39,42H,3-4,6,8-10,13,16,19,22-38H2,1-2H3/b7-5-,12-11-,15-14-,18-17-,21-20-. The van der Waals surface area contributed by atoms with Gasteiger partial charge in [0.25, 0.3) is 0 Å². The van der Waals surface area contributed by atoms with Crippen LogP contribution >= 0.6 is 0 Å². The van der Waals surface area contributed by atoms with E-state index in [9.17, 15) is 14.7 Å². The number of unbranched alkanes of at least 4 members (excludes halogenated alkanes) is 15. The van der Waals surface area contributed by atoms with Gasteiger partial charge in [0, 0.05) is 12.8 Å². The van der Waals surface area contributed by atoms with Crippen molar-refractivity contribution >= 4 is 11.9 Å². The Morgan fingerprint density at radius 3 is 1.41 bits per heavy atom. The van der Waals surface area contributed by atoms with Crippen LogP contribution in [0.15, 0.2) is 60.8 Å². The zero-order chi connectivity index (χ0) is 33.6. The van der Waals surface area contributed by atoms with Crippen molar-refractivity contribution in [3.05, 3.63) is 60.8 Å². The molecule has 0 aliphatic carbocycles. The van der Waals surface area contributed by atoms with Gasteiger partial charge in [-0.25, -0.2) is 0 Å². The number of carbonyl (C=O) groups is 2. The Morgan fingerprint density at radius 1 is 0.522 bits per heavy atom. The van der Waals surface area contributed by atoms with Gasteiger partial charge >= 0.3 is 11.9 Å². The highest BCUT2D eigenvalue weighted by molar-refractivity contribution is 5.70. The fraction of sp³-hybridized carbons (Fsp3) is 0.707. The molecule has 0 fully saturated rings. The van der Waals surface area contributed by atoms with Gasteiger partial charge in [-0.3, -0.25) is 9.59 Å². The smallest absolute Gasteiger partial charge is 0.306 e. The van der Waals surface area contributed by atoms with Crippen molar-refractivity contribution in [2.75, 3.05) is 13.2 Å². The molecule has 0 heterocycles. The van der Waals surface area contributed by atoms with E-state index in [0.717, 1.165) is 70.6 Å². The van der Waals surface area contributed by atoms with Crippen molar-refractivity contribution in [2.45, 2.75) is 174 Å². The molecule has 264 valence electrons. The second-order valence-electron chi connectivity index (χ2n) is 12.3. The molecule has 0 aromatic carbocycles. The summed E-state index contributed by atoms with van der Waals surface area (Å²) in [5.74, 6) is -0.608. The fourth-order valence-electron chi connectivity index (χ4n) is 4.99. The summed E-state index contributed by atoms with van der Waals surface area (Å²) in [6.45, 7) is 3.96. The van der Waals surface area contributed by atoms with Crippen LogP contribution in [-0.4, -0.2) is 36.4 Å². The van der Waals surface area contributed by atoms with Crippen molar-refractivity contribution in [1.29, 1.82) is 0 Å². The summed E-state index contributed by atoms with van der Waals surface area (Å²) in [5, 5.41) is 9.49. The van der Waals surface area contributed by atoms with Crippen molar-refractivity contribution in [2.24, 2.45) is 0 Å². The van der Waals surface area contributed by atoms with Crippen LogP contribution in [0, 0.1) is 0 Å². The van der Waals surface area contributed by atoms with E-state index in [2.05, 4.69) is 74.6 Å². The Labute approximate surface area is 283 Å². The van der Waals surface area contributed by atoms with Crippen LogP contribution in [0.4, 0.5) is 0 Å². The number of carbonyl (C=O) groups excluding carboxylic acids is 2. The lowest BCUT2D eigenvalue weighted by Gasteiger charge is -2.15. The van der Waals surface area contributed by atoms with Gasteiger partial charge in [-0.1, -0.05) is 158 Å². The van der Waals surface area contributed by atoms with Gasteiger partial charge in [-0.05, 0) is 57.8 Å². The van der Waals surface area contributed by atoms with Crippen LogP contribution < -0.4 is 0 Å². The predicted octanol–water partition coefficient (Wildman–Crippen LogP) is 11.6. The third-order valence-corrected chi connectivity index (χ3v) is 7.83. The molecule has 1 N–H and O–H groups in total. The summed E-state index contributed by atoms with van der Waals surface area (Å²) in [5.41, 5.74) is 0. The van der Waals surface area contributed by atoms with Crippen LogP contribution in [0.2, 0.25) is 0 Å². The number of hydrogen-bond donors (Lipinski definition) is 1. The van der Waals surface area contributed by atoms with Gasteiger partial charge in [-0.2, -0.15) is 0 Å². The molecule has 46 heavy (non-hydrogen) atoms. The Kier molecular flexibility index (Phi) is 35.1. The second-order valence-corrected chi connectivity index (χ2v) is 12.3. The molecular weight excluding hydrogens is 572 g/mol. The van der Waals surface area contributed by atoms with Gasteiger partial charge in [0.1, 0.15) is 6.61 Å². The highest BCUT2D eigenvalue weighted by Crippen LogP contribution is 2.13. The third kappa shape index (κ3) is 34.5. The molecular formula is C41H70O5. The van der Waals surface area contributed by atoms with Gasteiger partial charge in [-0.15, -0.1) is 0 Å². The molecule has 0 aromatic heterocycles. The van der Waals surface area contributed by atoms with Crippen LogP contribution in [0.1, 0.15) is 168 Å². The van der Waals surface area contributed by atoms with E-state index >= 15 is 0 Å². The molecule has 1 atom stereocenters. The Hall–Kier alpha value is -2.40. The second kappa shape index (κ2) is 37.1. The average molecular weight is 643 g/mol. The minimum atomic E-state index is -0.772. The monoisotopic (exact) mass is 643 g/mol. The maximum Gasteiger partial charge on any atom is 0.306 e. The number of ether oxygens (including phenoxy) is 2. The first-order chi connectivity index (χ1) is 22.6. The van der Waals surface area contributed by atoms with Crippen LogP contribution in [0.25, 0.3) is 0 Å².